The molecule has 0 aromatic heterocycles. The number of hydrogen-bond donors (Lipinski definition) is 1. The van der Waals surface area contributed by atoms with Gasteiger partial charge in [-0.15, -0.1) is 0 Å². The molecule has 0 saturated heterocycles. The van der Waals surface area contributed by atoms with Crippen molar-refractivity contribution in [1.82, 2.24) is 4.90 Å². The predicted molar refractivity (Wildman–Crippen MR) is 77.2 cm³/mol. The lowest BCUT2D eigenvalue weighted by Crippen LogP contribution is -2.43. The number of hydrogen-bond acceptors (Lipinski definition) is 3. The van der Waals surface area contributed by atoms with Crippen LogP contribution in [0, 0.1) is 0 Å². The summed E-state index contributed by atoms with van der Waals surface area (Å²) < 4.78 is 5.48. The van der Waals surface area contributed by atoms with Crippen molar-refractivity contribution in [3.05, 3.63) is 47.0 Å². The first kappa shape index (κ1) is 13.3. The van der Waals surface area contributed by atoms with Gasteiger partial charge in [0.15, 0.2) is 0 Å². The van der Waals surface area contributed by atoms with Crippen molar-refractivity contribution in [1.29, 1.82) is 0 Å². The van der Waals surface area contributed by atoms with Crippen LogP contribution in [-0.4, -0.2) is 37.1 Å². The third-order valence-corrected chi connectivity index (χ3v) is 4.04. The van der Waals surface area contributed by atoms with Crippen molar-refractivity contribution in [2.75, 3.05) is 26.3 Å². The Morgan fingerprint density at radius 2 is 2.25 bits per heavy atom. The molecular formula is C16H20N2O2. The number of benzene rings is 1. The van der Waals surface area contributed by atoms with Crippen molar-refractivity contribution in [3.63, 3.8) is 0 Å². The van der Waals surface area contributed by atoms with Crippen LogP contribution in [0.4, 0.5) is 0 Å². The van der Waals surface area contributed by atoms with E-state index in [1.54, 1.807) is 0 Å². The Hall–Kier alpha value is -1.65. The second-order valence-corrected chi connectivity index (χ2v) is 5.43. The summed E-state index contributed by atoms with van der Waals surface area (Å²) in [4.78, 5) is 14.1. The number of fused-ring (bicyclic) bond motifs is 1. The van der Waals surface area contributed by atoms with E-state index in [4.69, 9.17) is 10.5 Å². The van der Waals surface area contributed by atoms with Crippen LogP contribution in [0.15, 0.2) is 35.9 Å². The molecule has 3 rings (SSSR count). The fourth-order valence-electron chi connectivity index (χ4n) is 3.10. The van der Waals surface area contributed by atoms with Gasteiger partial charge in [-0.25, -0.2) is 0 Å². The van der Waals surface area contributed by atoms with Gasteiger partial charge in [-0.2, -0.15) is 0 Å². The summed E-state index contributed by atoms with van der Waals surface area (Å²) in [5.41, 5.74) is 9.19. The van der Waals surface area contributed by atoms with Crippen molar-refractivity contribution >= 4 is 5.91 Å². The van der Waals surface area contributed by atoms with E-state index in [-0.39, 0.29) is 11.9 Å². The zero-order chi connectivity index (χ0) is 13.9. The third-order valence-electron chi connectivity index (χ3n) is 4.04. The van der Waals surface area contributed by atoms with Gasteiger partial charge in [0.1, 0.15) is 6.04 Å². The van der Waals surface area contributed by atoms with Gasteiger partial charge in [0.2, 0.25) is 5.91 Å². The fourth-order valence-corrected chi connectivity index (χ4v) is 3.10. The van der Waals surface area contributed by atoms with Crippen LogP contribution in [0.5, 0.6) is 0 Å². The number of ether oxygens (including phenoxy) is 1. The highest BCUT2D eigenvalue weighted by molar-refractivity contribution is 5.82. The van der Waals surface area contributed by atoms with Crippen molar-refractivity contribution in [3.8, 4) is 0 Å². The van der Waals surface area contributed by atoms with E-state index in [0.717, 1.165) is 38.1 Å². The van der Waals surface area contributed by atoms with E-state index in [1.165, 1.54) is 11.1 Å². The molecule has 1 unspecified atom stereocenters. The van der Waals surface area contributed by atoms with Crippen molar-refractivity contribution in [2.45, 2.75) is 18.9 Å². The number of primary amides is 1. The molecule has 0 fully saturated rings. The van der Waals surface area contributed by atoms with Gasteiger partial charge in [-0.3, -0.25) is 9.69 Å². The molecule has 1 atom stereocenters. The highest BCUT2D eigenvalue weighted by Gasteiger charge is 2.31. The lowest BCUT2D eigenvalue weighted by Gasteiger charge is -2.36. The zero-order valence-electron chi connectivity index (χ0n) is 11.5. The van der Waals surface area contributed by atoms with E-state index in [9.17, 15) is 4.79 Å². The highest BCUT2D eigenvalue weighted by Crippen LogP contribution is 2.30. The molecule has 2 heterocycles. The van der Waals surface area contributed by atoms with Crippen molar-refractivity contribution < 1.29 is 9.53 Å². The molecular weight excluding hydrogens is 252 g/mol. The Morgan fingerprint density at radius 3 is 3.00 bits per heavy atom. The molecule has 0 saturated carbocycles. The molecule has 2 aliphatic rings. The number of nitrogens with two attached hydrogens (primary N) is 1. The average molecular weight is 272 g/mol. The minimum Gasteiger partial charge on any atom is -0.377 e. The Labute approximate surface area is 119 Å². The summed E-state index contributed by atoms with van der Waals surface area (Å²) in [6, 6.07) is 7.78. The van der Waals surface area contributed by atoms with Crippen LogP contribution in [0.25, 0.3) is 0 Å². The van der Waals surface area contributed by atoms with E-state index in [1.807, 2.05) is 18.2 Å². The quantitative estimate of drug-likeness (QED) is 0.847. The summed E-state index contributed by atoms with van der Waals surface area (Å²) in [5.74, 6) is -0.269. The molecule has 1 amide bonds. The molecule has 1 aromatic carbocycles. The summed E-state index contributed by atoms with van der Waals surface area (Å²) in [6.07, 6.45) is 4.15. The second-order valence-electron chi connectivity index (χ2n) is 5.43. The highest BCUT2D eigenvalue weighted by atomic mass is 16.5. The number of rotatable bonds is 3. The normalized spacial score (nSPS) is 23.0. The lowest BCUT2D eigenvalue weighted by molar-refractivity contribution is -0.123. The molecule has 0 aliphatic carbocycles. The van der Waals surface area contributed by atoms with Crippen molar-refractivity contribution in [2.24, 2.45) is 5.73 Å². The van der Waals surface area contributed by atoms with Crippen LogP contribution >= 0.6 is 0 Å². The Morgan fingerprint density at radius 1 is 1.40 bits per heavy atom. The van der Waals surface area contributed by atoms with Gasteiger partial charge in [0.25, 0.3) is 0 Å². The third kappa shape index (κ3) is 2.62. The summed E-state index contributed by atoms with van der Waals surface area (Å²) in [7, 11) is 0. The zero-order valence-corrected chi connectivity index (χ0v) is 11.5. The number of carbonyl (C=O) groups is 1. The maximum atomic E-state index is 11.9. The molecule has 0 radical (unpaired) electrons. The van der Waals surface area contributed by atoms with Gasteiger partial charge < -0.3 is 10.5 Å². The Balaban J connectivity index is 1.84. The molecule has 1 aromatic rings. The van der Waals surface area contributed by atoms with Crippen LogP contribution in [0.3, 0.4) is 0 Å². The maximum absolute atomic E-state index is 11.9. The molecule has 2 aliphatic heterocycles. The Bertz CT molecular complexity index is 539. The second kappa shape index (κ2) is 5.77. The van der Waals surface area contributed by atoms with Gasteiger partial charge >= 0.3 is 0 Å². The number of carbonyl (C=O) groups excluding carboxylic acids is 1. The first-order valence-electron chi connectivity index (χ1n) is 7.12. The summed E-state index contributed by atoms with van der Waals surface area (Å²) in [5, 5.41) is 0. The van der Waals surface area contributed by atoms with E-state index in [0.29, 0.717) is 6.61 Å². The molecule has 0 bridgehead atoms. The van der Waals surface area contributed by atoms with Crippen LogP contribution in [-0.2, 0) is 16.0 Å². The van der Waals surface area contributed by atoms with E-state index < -0.39 is 0 Å². The first-order valence-corrected chi connectivity index (χ1v) is 7.12. The van der Waals surface area contributed by atoms with Crippen LogP contribution < -0.4 is 5.73 Å². The van der Waals surface area contributed by atoms with E-state index in [2.05, 4.69) is 17.0 Å². The standard InChI is InChI=1S/C16H20N2O2/c17-16(19)15-14-6-2-1-5-13(14)7-8-18(15)10-12-4-3-9-20-11-12/h1-2,4-6,15H,3,7-11H2,(H2,17,19). The molecule has 0 spiro atoms. The topological polar surface area (TPSA) is 55.6 Å². The minimum absolute atomic E-state index is 0.269. The SMILES string of the molecule is NC(=O)C1c2ccccc2CCN1CC1=CCCOC1. The number of nitrogens with zero attached hydrogens (tertiary/aromatic N) is 1. The van der Waals surface area contributed by atoms with Gasteiger partial charge in [-0.05, 0) is 29.5 Å². The molecule has 2 N–H and O–H groups in total. The monoisotopic (exact) mass is 272 g/mol. The Kier molecular flexibility index (Phi) is 3.85. The lowest BCUT2D eigenvalue weighted by atomic mass is 9.91. The van der Waals surface area contributed by atoms with E-state index >= 15 is 0 Å². The number of amides is 1. The molecule has 4 heteroatoms. The molecule has 4 nitrogen and oxygen atoms in total. The summed E-state index contributed by atoms with van der Waals surface area (Å²) in [6.45, 7) is 3.10. The van der Waals surface area contributed by atoms with Gasteiger partial charge in [0, 0.05) is 13.1 Å². The molecule has 20 heavy (non-hydrogen) atoms. The fraction of sp³-hybridized carbons (Fsp3) is 0.438. The largest absolute Gasteiger partial charge is 0.377 e. The first-order chi connectivity index (χ1) is 9.75. The predicted octanol–water partition coefficient (Wildman–Crippen LogP) is 1.42. The molecule has 106 valence electrons. The van der Waals surface area contributed by atoms with Crippen LogP contribution in [0.1, 0.15) is 23.6 Å². The maximum Gasteiger partial charge on any atom is 0.239 e. The smallest absolute Gasteiger partial charge is 0.239 e. The van der Waals surface area contributed by atoms with Crippen LogP contribution in [0.2, 0.25) is 0 Å². The minimum atomic E-state index is -0.317. The van der Waals surface area contributed by atoms with Gasteiger partial charge in [-0.1, -0.05) is 30.3 Å². The average Bonchev–Trinajstić information content (AvgIpc) is 2.47. The van der Waals surface area contributed by atoms with Gasteiger partial charge in [0.05, 0.1) is 13.2 Å². The summed E-state index contributed by atoms with van der Waals surface area (Å²) >= 11 is 0.